The first-order chi connectivity index (χ1) is 28.3. The summed E-state index contributed by atoms with van der Waals surface area (Å²) in [4.78, 5) is 25.2. The Kier molecular flexibility index (Phi) is 23.6. The molecule has 320 valence electrons. The largest absolute Gasteiger partial charge is 0.550 e. The van der Waals surface area contributed by atoms with Crippen molar-refractivity contribution in [3.63, 3.8) is 0 Å². The summed E-state index contributed by atoms with van der Waals surface area (Å²) >= 11 is 0. The predicted molar refractivity (Wildman–Crippen MR) is 243 cm³/mol. The molecule has 1 aliphatic heterocycles. The van der Waals surface area contributed by atoms with Gasteiger partial charge >= 0.3 is 5.97 Å². The average Bonchev–Trinajstić information content (AvgIpc) is 3.24. The van der Waals surface area contributed by atoms with E-state index in [0.29, 0.717) is 5.56 Å². The second-order valence-corrected chi connectivity index (χ2v) is 15.7. The highest BCUT2D eigenvalue weighted by Gasteiger charge is 2.23. The fraction of sp³-hybridized carbons (Fsp3) is 0.588. The van der Waals surface area contributed by atoms with E-state index in [9.17, 15) is 14.7 Å². The number of carboxylic acids is 1. The Balaban J connectivity index is 0.000000333. The first kappa shape index (κ1) is 48.2. The van der Waals surface area contributed by atoms with Crippen molar-refractivity contribution in [3.05, 3.63) is 71.6 Å². The maximum atomic E-state index is 12.7. The number of benzene rings is 3. The van der Waals surface area contributed by atoms with Crippen molar-refractivity contribution in [1.82, 2.24) is 4.58 Å². The number of hydrogen-bond donors (Lipinski definition) is 0. The minimum Gasteiger partial charge on any atom is -0.550 e. The molecule has 4 rings (SSSR count). The summed E-state index contributed by atoms with van der Waals surface area (Å²) in [6, 6.07) is 20.3. The second-order valence-electron chi connectivity index (χ2n) is 15.7. The number of fused-ring (bicyclic) bond motifs is 2. The van der Waals surface area contributed by atoms with Gasteiger partial charge in [-0.05, 0) is 70.4 Å². The van der Waals surface area contributed by atoms with Crippen LogP contribution in [0.4, 0.5) is 5.69 Å². The Bertz CT molecular complexity index is 1800. The smallest absolute Gasteiger partial charge is 0.338 e. The molecule has 0 fully saturated rings. The molecule has 2 aromatic rings. The van der Waals surface area contributed by atoms with E-state index in [1.54, 1.807) is 0 Å². The van der Waals surface area contributed by atoms with Gasteiger partial charge in [-0.1, -0.05) is 141 Å². The van der Waals surface area contributed by atoms with Crippen molar-refractivity contribution in [1.29, 1.82) is 0 Å². The summed E-state index contributed by atoms with van der Waals surface area (Å²) < 4.78 is 13.9. The maximum absolute atomic E-state index is 12.7. The van der Waals surface area contributed by atoms with E-state index in [0.717, 1.165) is 83.5 Å². The molecule has 0 bridgehead atoms. The monoisotopic (exact) mass is 797 g/mol. The van der Waals surface area contributed by atoms with Crippen LogP contribution in [0.3, 0.4) is 0 Å². The Labute approximate surface area is 351 Å². The molecule has 0 atom stereocenters. The van der Waals surface area contributed by atoms with Crippen molar-refractivity contribution in [2.24, 2.45) is 0 Å². The lowest BCUT2D eigenvalue weighted by Gasteiger charge is -2.22. The summed E-state index contributed by atoms with van der Waals surface area (Å²) in [6.45, 7) is 14.6. The van der Waals surface area contributed by atoms with Crippen LogP contribution >= 0.6 is 0 Å². The molecule has 0 saturated carbocycles. The van der Waals surface area contributed by atoms with E-state index >= 15 is 0 Å². The number of carbonyl (C=O) groups excluding carboxylic acids is 2. The molecule has 7 heteroatoms. The number of unbranched alkanes of at least 4 members (excludes halogenated alkanes) is 18. The third-order valence-electron chi connectivity index (χ3n) is 11.5. The molecule has 0 amide bonds. The van der Waals surface area contributed by atoms with Crippen molar-refractivity contribution in [2.75, 3.05) is 38.2 Å². The topological polar surface area (TPSA) is 85.8 Å². The summed E-state index contributed by atoms with van der Waals surface area (Å²) in [6.07, 6.45) is 25.7. The lowest BCUT2D eigenvalue weighted by molar-refractivity contribution is -0.305. The van der Waals surface area contributed by atoms with E-state index in [1.807, 2.05) is 24.3 Å². The van der Waals surface area contributed by atoms with Gasteiger partial charge in [0.15, 0.2) is 0 Å². The number of rotatable bonds is 27. The first-order valence-corrected chi connectivity index (χ1v) is 23.0. The van der Waals surface area contributed by atoms with Crippen molar-refractivity contribution in [2.45, 2.75) is 163 Å². The van der Waals surface area contributed by atoms with E-state index in [4.69, 9.17) is 9.15 Å². The van der Waals surface area contributed by atoms with Gasteiger partial charge in [0.05, 0.1) is 18.7 Å². The van der Waals surface area contributed by atoms with Gasteiger partial charge in [0.2, 0.25) is 5.36 Å². The second kappa shape index (κ2) is 28.3. The third kappa shape index (κ3) is 15.9. The van der Waals surface area contributed by atoms with Crippen LogP contribution in [0.2, 0.25) is 0 Å². The number of aliphatic carboxylic acids is 1. The fourth-order valence-electron chi connectivity index (χ4n) is 8.07. The van der Waals surface area contributed by atoms with Gasteiger partial charge < -0.3 is 24.0 Å². The Hall–Kier alpha value is -4.13. The van der Waals surface area contributed by atoms with E-state index < -0.39 is 5.97 Å². The zero-order valence-corrected chi connectivity index (χ0v) is 37.2. The van der Waals surface area contributed by atoms with Crippen LogP contribution in [0, 0.1) is 0 Å². The van der Waals surface area contributed by atoms with E-state index in [2.05, 4.69) is 80.5 Å². The van der Waals surface area contributed by atoms with Crippen LogP contribution in [0.15, 0.2) is 65.1 Å². The SMILES string of the molecule is CCCCCCCCCCCCCCCCCCCCCC(=O)[O-].CCN(CC)c1ccc2c(-c3ccccc3C(=O)OC)c3ccc(=[N+](CC)CC)cc-3oc2c1. The summed E-state index contributed by atoms with van der Waals surface area (Å²) in [7, 11) is 1.42. The Morgan fingerprint density at radius 3 is 1.67 bits per heavy atom. The number of ether oxygens (including phenoxy) is 1. The van der Waals surface area contributed by atoms with Crippen molar-refractivity contribution >= 4 is 28.6 Å². The van der Waals surface area contributed by atoms with Gasteiger partial charge in [0.25, 0.3) is 0 Å². The predicted octanol–water partition coefficient (Wildman–Crippen LogP) is 12.2. The van der Waals surface area contributed by atoms with Gasteiger partial charge in [-0.25, -0.2) is 9.37 Å². The molecule has 0 radical (unpaired) electrons. The zero-order chi connectivity index (χ0) is 42.0. The molecule has 1 heterocycles. The van der Waals surface area contributed by atoms with Gasteiger partial charge in [-0.2, -0.15) is 0 Å². The lowest BCUT2D eigenvalue weighted by atomic mass is 9.90. The van der Waals surface area contributed by atoms with Gasteiger partial charge in [0.1, 0.15) is 24.4 Å². The highest BCUT2D eigenvalue weighted by Crippen LogP contribution is 2.42. The Morgan fingerprint density at radius 1 is 0.638 bits per heavy atom. The number of methoxy groups -OCH3 is 1. The van der Waals surface area contributed by atoms with Crippen LogP contribution in [-0.4, -0.2) is 45.2 Å². The number of esters is 1. The number of carbonyl (C=O) groups is 2. The van der Waals surface area contributed by atoms with Gasteiger partial charge in [0, 0.05) is 53.4 Å². The van der Waals surface area contributed by atoms with E-state index in [1.165, 1.54) is 116 Å². The van der Waals surface area contributed by atoms with Gasteiger partial charge in [-0.15, -0.1) is 0 Å². The molecule has 58 heavy (non-hydrogen) atoms. The standard InChI is InChI=1S/C29H33N2O3.C22H44O2/c1-6-30(7-2)20-14-16-24-26(18-20)34-27-19-21(31(8-3)9-4)15-17-25(27)28(24)22-12-10-11-13-23(22)29(32)33-5;1-2-3-4-5-6-7-8-9-10-11-12-13-14-15-16-17-18-19-20-21-22(23)24/h10-19H,6-9H2,1-5H3;2-21H2,1H3,(H,23,24)/q+1;/p-1. The van der Waals surface area contributed by atoms with Crippen LogP contribution in [0.1, 0.15) is 173 Å². The third-order valence-corrected chi connectivity index (χ3v) is 11.5. The molecule has 1 aliphatic carbocycles. The number of nitrogens with zero attached hydrogens (tertiary/aromatic N) is 2. The van der Waals surface area contributed by atoms with Crippen LogP contribution in [0.25, 0.3) is 33.4 Å². The first-order valence-electron chi connectivity index (χ1n) is 23.0. The molecule has 7 nitrogen and oxygen atoms in total. The van der Waals surface area contributed by atoms with Crippen LogP contribution in [-0.2, 0) is 9.53 Å². The zero-order valence-electron chi connectivity index (χ0n) is 37.2. The molecular weight excluding hydrogens is 721 g/mol. The molecule has 0 spiro atoms. The van der Waals surface area contributed by atoms with Gasteiger partial charge in [-0.3, -0.25) is 0 Å². The summed E-state index contributed by atoms with van der Waals surface area (Å²) in [5.74, 6) is -0.456. The van der Waals surface area contributed by atoms with Crippen molar-refractivity contribution < 1.29 is 23.8 Å². The maximum Gasteiger partial charge on any atom is 0.338 e. The van der Waals surface area contributed by atoms with E-state index in [-0.39, 0.29) is 12.4 Å². The molecule has 0 unspecified atom stereocenters. The van der Waals surface area contributed by atoms with Crippen molar-refractivity contribution in [3.8, 4) is 22.5 Å². The minimum absolute atomic E-state index is 0.235. The minimum atomic E-state index is -0.901. The molecular formula is C51H76N2O5. The highest BCUT2D eigenvalue weighted by atomic mass is 16.5. The molecule has 2 aromatic carbocycles. The van der Waals surface area contributed by atoms with Crippen LogP contribution in [0.5, 0.6) is 0 Å². The fourth-order valence-corrected chi connectivity index (χ4v) is 8.07. The molecule has 0 N–H and O–H groups in total. The molecule has 0 aromatic heterocycles. The number of carboxylic acid groups (broad SMARTS) is 1. The highest BCUT2D eigenvalue weighted by molar-refractivity contribution is 6.08. The quantitative estimate of drug-likeness (QED) is 0.0258. The molecule has 2 aliphatic rings. The lowest BCUT2D eigenvalue weighted by Crippen LogP contribution is -2.29. The number of hydrogen-bond acceptors (Lipinski definition) is 6. The normalized spacial score (nSPS) is 11.1. The number of anilines is 1. The van der Waals surface area contributed by atoms with Crippen LogP contribution < -0.4 is 19.9 Å². The summed E-state index contributed by atoms with van der Waals surface area (Å²) in [5, 5.41) is 12.4. The molecule has 0 saturated heterocycles. The Morgan fingerprint density at radius 2 is 1.17 bits per heavy atom. The summed E-state index contributed by atoms with van der Waals surface area (Å²) in [5.41, 5.74) is 5.24. The average molecular weight is 797 g/mol.